The maximum atomic E-state index is 11.2. The van der Waals surface area contributed by atoms with Gasteiger partial charge in [0.25, 0.3) is 0 Å². The topological polar surface area (TPSA) is 29.5 Å². The van der Waals surface area contributed by atoms with Crippen molar-refractivity contribution in [3.05, 3.63) is 28.7 Å². The summed E-state index contributed by atoms with van der Waals surface area (Å²) >= 11 is 3.38. The van der Waals surface area contributed by atoms with Gasteiger partial charge in [0.2, 0.25) is 0 Å². The molecule has 13 heavy (non-hydrogen) atoms. The van der Waals surface area contributed by atoms with Gasteiger partial charge in [-0.25, -0.2) is 4.79 Å². The minimum Gasteiger partial charge on any atom is -0.447 e. The Labute approximate surface area is 84.4 Å². The second kappa shape index (κ2) is 3.38. The summed E-state index contributed by atoms with van der Waals surface area (Å²) in [5, 5.41) is 0. The third kappa shape index (κ3) is 1.54. The lowest BCUT2D eigenvalue weighted by Gasteiger charge is -2.13. The van der Waals surface area contributed by atoms with Crippen molar-refractivity contribution in [1.29, 1.82) is 0 Å². The molecule has 0 bridgehead atoms. The fourth-order valence-corrected chi connectivity index (χ4v) is 1.78. The number of ether oxygens (including phenoxy) is 1. The minimum atomic E-state index is -0.271. The van der Waals surface area contributed by atoms with Crippen LogP contribution in [0.4, 0.5) is 10.5 Å². The first-order valence-electron chi connectivity index (χ1n) is 3.98. The molecule has 1 aromatic carbocycles. The van der Waals surface area contributed by atoms with Gasteiger partial charge in [-0.15, -0.1) is 0 Å². The summed E-state index contributed by atoms with van der Waals surface area (Å²) < 4.78 is 5.75. The van der Waals surface area contributed by atoms with Crippen molar-refractivity contribution in [2.45, 2.75) is 0 Å². The molecule has 0 radical (unpaired) electrons. The molecule has 1 amide bonds. The summed E-state index contributed by atoms with van der Waals surface area (Å²) in [7, 11) is 0. The second-order valence-corrected chi connectivity index (χ2v) is 3.57. The Morgan fingerprint density at radius 3 is 2.77 bits per heavy atom. The Bertz CT molecular complexity index is 340. The van der Waals surface area contributed by atoms with Crippen molar-refractivity contribution in [3.63, 3.8) is 0 Å². The number of carbonyl (C=O) groups is 1. The van der Waals surface area contributed by atoms with Gasteiger partial charge in [-0.2, -0.15) is 0 Å². The van der Waals surface area contributed by atoms with Crippen molar-refractivity contribution in [3.8, 4) is 0 Å². The third-order valence-corrected chi connectivity index (χ3v) is 2.57. The first-order valence-corrected chi connectivity index (χ1v) is 4.77. The van der Waals surface area contributed by atoms with Crippen LogP contribution in [0.15, 0.2) is 28.7 Å². The highest BCUT2D eigenvalue weighted by Crippen LogP contribution is 2.27. The van der Waals surface area contributed by atoms with E-state index < -0.39 is 0 Å². The molecule has 1 aliphatic rings. The zero-order chi connectivity index (χ0) is 9.26. The molecule has 4 heteroatoms. The monoisotopic (exact) mass is 241 g/mol. The molecule has 3 nitrogen and oxygen atoms in total. The van der Waals surface area contributed by atoms with Gasteiger partial charge in [-0.1, -0.05) is 12.1 Å². The summed E-state index contributed by atoms with van der Waals surface area (Å²) in [6.45, 7) is 1.10. The number of para-hydroxylation sites is 1. The van der Waals surface area contributed by atoms with E-state index in [1.165, 1.54) is 0 Å². The molecule has 1 aliphatic heterocycles. The number of halogens is 1. The Hall–Kier alpha value is -1.03. The molecule has 0 spiro atoms. The number of anilines is 1. The Balaban J connectivity index is 2.34. The van der Waals surface area contributed by atoms with Crippen LogP contribution in [0.2, 0.25) is 0 Å². The lowest BCUT2D eigenvalue weighted by atomic mass is 10.3. The SMILES string of the molecule is O=C1OCCN1c1ccccc1Br. The fraction of sp³-hybridized carbons (Fsp3) is 0.222. The highest BCUT2D eigenvalue weighted by Gasteiger charge is 2.24. The zero-order valence-electron chi connectivity index (χ0n) is 6.87. The van der Waals surface area contributed by atoms with Crippen LogP contribution in [0.3, 0.4) is 0 Å². The predicted octanol–water partition coefficient (Wildman–Crippen LogP) is 2.41. The molecule has 0 N–H and O–H groups in total. The molecule has 1 aromatic rings. The number of cyclic esters (lactones) is 1. The van der Waals surface area contributed by atoms with Crippen molar-refractivity contribution in [2.24, 2.45) is 0 Å². The van der Waals surface area contributed by atoms with Crippen LogP contribution in [-0.2, 0) is 4.74 Å². The fourth-order valence-electron chi connectivity index (χ4n) is 1.28. The number of hydrogen-bond donors (Lipinski definition) is 0. The molecule has 0 aliphatic carbocycles. The van der Waals surface area contributed by atoms with Crippen LogP contribution in [-0.4, -0.2) is 19.2 Å². The summed E-state index contributed by atoms with van der Waals surface area (Å²) in [5.74, 6) is 0. The molecule has 2 rings (SSSR count). The number of hydrogen-bond acceptors (Lipinski definition) is 2. The normalized spacial score (nSPS) is 16.1. The first-order chi connectivity index (χ1) is 6.29. The molecule has 0 aromatic heterocycles. The van der Waals surface area contributed by atoms with Gasteiger partial charge in [0, 0.05) is 4.47 Å². The van der Waals surface area contributed by atoms with Gasteiger partial charge in [0.05, 0.1) is 12.2 Å². The van der Waals surface area contributed by atoms with E-state index in [0.29, 0.717) is 13.2 Å². The number of benzene rings is 1. The summed E-state index contributed by atoms with van der Waals surface area (Å²) in [4.78, 5) is 12.8. The Kier molecular flexibility index (Phi) is 2.22. The van der Waals surface area contributed by atoms with E-state index in [9.17, 15) is 4.79 Å². The van der Waals surface area contributed by atoms with Crippen LogP contribution >= 0.6 is 15.9 Å². The number of nitrogens with zero attached hydrogens (tertiary/aromatic N) is 1. The summed E-state index contributed by atoms with van der Waals surface area (Å²) in [6, 6.07) is 7.60. The molecular formula is C9H8BrNO2. The standard InChI is InChI=1S/C9H8BrNO2/c10-7-3-1-2-4-8(7)11-5-6-13-9(11)12/h1-4H,5-6H2. The van der Waals surface area contributed by atoms with Crippen LogP contribution < -0.4 is 4.90 Å². The smallest absolute Gasteiger partial charge is 0.414 e. The average Bonchev–Trinajstić information content (AvgIpc) is 2.52. The highest BCUT2D eigenvalue weighted by molar-refractivity contribution is 9.10. The number of carbonyl (C=O) groups excluding carboxylic acids is 1. The van der Waals surface area contributed by atoms with E-state index >= 15 is 0 Å². The van der Waals surface area contributed by atoms with Crippen molar-refractivity contribution in [1.82, 2.24) is 0 Å². The molecule has 68 valence electrons. The van der Waals surface area contributed by atoms with Gasteiger partial charge in [0.15, 0.2) is 0 Å². The van der Waals surface area contributed by atoms with E-state index in [4.69, 9.17) is 4.74 Å². The highest BCUT2D eigenvalue weighted by atomic mass is 79.9. The van der Waals surface area contributed by atoms with Crippen LogP contribution in [0, 0.1) is 0 Å². The van der Waals surface area contributed by atoms with Gasteiger partial charge in [-0.3, -0.25) is 4.90 Å². The third-order valence-electron chi connectivity index (χ3n) is 1.90. The lowest BCUT2D eigenvalue weighted by molar-refractivity contribution is 0.181. The quantitative estimate of drug-likeness (QED) is 0.756. The molecule has 0 saturated carbocycles. The lowest BCUT2D eigenvalue weighted by Crippen LogP contribution is -2.23. The molecule has 0 atom stereocenters. The molecular weight excluding hydrogens is 234 g/mol. The maximum Gasteiger partial charge on any atom is 0.414 e. The predicted molar refractivity (Wildman–Crippen MR) is 52.8 cm³/mol. The second-order valence-electron chi connectivity index (χ2n) is 2.72. The van der Waals surface area contributed by atoms with E-state index in [0.717, 1.165) is 10.2 Å². The molecule has 1 heterocycles. The number of amides is 1. The maximum absolute atomic E-state index is 11.2. The Morgan fingerprint density at radius 1 is 1.38 bits per heavy atom. The first kappa shape index (κ1) is 8.56. The largest absolute Gasteiger partial charge is 0.447 e. The molecule has 0 unspecified atom stereocenters. The van der Waals surface area contributed by atoms with Crippen molar-refractivity contribution >= 4 is 27.7 Å². The Morgan fingerprint density at radius 2 is 2.15 bits per heavy atom. The number of rotatable bonds is 1. The molecule has 1 fully saturated rings. The van der Waals surface area contributed by atoms with Crippen LogP contribution in [0.25, 0.3) is 0 Å². The van der Waals surface area contributed by atoms with Crippen molar-refractivity contribution in [2.75, 3.05) is 18.1 Å². The van der Waals surface area contributed by atoms with Gasteiger partial charge >= 0.3 is 6.09 Å². The van der Waals surface area contributed by atoms with Crippen molar-refractivity contribution < 1.29 is 9.53 Å². The van der Waals surface area contributed by atoms with E-state index in [1.807, 2.05) is 24.3 Å². The van der Waals surface area contributed by atoms with E-state index in [-0.39, 0.29) is 6.09 Å². The van der Waals surface area contributed by atoms with Crippen LogP contribution in [0.1, 0.15) is 0 Å². The van der Waals surface area contributed by atoms with E-state index in [1.54, 1.807) is 4.90 Å². The van der Waals surface area contributed by atoms with Crippen LogP contribution in [0.5, 0.6) is 0 Å². The minimum absolute atomic E-state index is 0.271. The zero-order valence-corrected chi connectivity index (χ0v) is 8.45. The molecule has 1 saturated heterocycles. The van der Waals surface area contributed by atoms with Gasteiger partial charge in [0.1, 0.15) is 6.61 Å². The van der Waals surface area contributed by atoms with Gasteiger partial charge in [-0.05, 0) is 28.1 Å². The summed E-state index contributed by atoms with van der Waals surface area (Å²) in [5.41, 5.74) is 0.866. The van der Waals surface area contributed by atoms with Gasteiger partial charge < -0.3 is 4.74 Å². The van der Waals surface area contributed by atoms with E-state index in [2.05, 4.69) is 15.9 Å². The average molecular weight is 242 g/mol. The summed E-state index contributed by atoms with van der Waals surface area (Å²) in [6.07, 6.45) is -0.271.